The van der Waals surface area contributed by atoms with Gasteiger partial charge in [-0.05, 0) is 47.8 Å². The number of hydrogen-bond acceptors (Lipinski definition) is 2. The molecule has 0 aromatic rings. The highest BCUT2D eigenvalue weighted by Crippen LogP contribution is 2.34. The molecule has 0 aliphatic rings. The van der Waals surface area contributed by atoms with E-state index in [1.165, 1.54) is 0 Å². The molecule has 0 aliphatic carbocycles. The minimum absolute atomic E-state index is 0.961. The van der Waals surface area contributed by atoms with E-state index in [2.05, 4.69) is 52.5 Å². The van der Waals surface area contributed by atoms with Crippen LogP contribution in [0.25, 0.3) is 0 Å². The Kier molecular flexibility index (Phi) is 1.86. The third kappa shape index (κ3) is 3.04. The molecule has 48 valence electrons. The number of ether oxygens (including phenoxy) is 1. The molecule has 0 heterocycles. The van der Waals surface area contributed by atoms with Gasteiger partial charge in [0, 0.05) is 0 Å². The molecule has 0 atom stereocenters. The molecule has 0 aromatic heterocycles. The van der Waals surface area contributed by atoms with Crippen LogP contribution in [0.5, 0.6) is 0 Å². The first-order valence-electron chi connectivity index (χ1n) is 2.93. The zero-order chi connectivity index (χ0) is 9.28. The Morgan fingerprint density at radius 2 is 2.25 bits per heavy atom. The molecule has 0 aliphatic heterocycles. The summed E-state index contributed by atoms with van der Waals surface area (Å²) in [5.41, 5.74) is 0. The Labute approximate surface area is 76.6 Å². The fraction of sp³-hybridized carbons (Fsp3) is 0.667. The molecule has 0 saturated carbocycles. The van der Waals surface area contributed by atoms with E-state index in [0.717, 1.165) is 0 Å². The van der Waals surface area contributed by atoms with Crippen LogP contribution < -0.4 is 0 Å². The van der Waals surface area contributed by atoms with Crippen LogP contribution in [0.1, 0.15) is 4.11 Å². The Morgan fingerprint density at radius 1 is 1.75 bits per heavy atom. The van der Waals surface area contributed by atoms with Crippen molar-refractivity contribution in [2.75, 3.05) is 7.04 Å². The van der Waals surface area contributed by atoms with Gasteiger partial charge in [0.25, 0.3) is 0 Å². The number of alkyl halides is 3. The van der Waals surface area contributed by atoms with Crippen molar-refractivity contribution in [1.29, 1.82) is 0 Å². The molecule has 0 saturated heterocycles. The predicted molar refractivity (Wildman–Crippen MR) is 41.5 cm³/mol. The molecule has 8 heavy (non-hydrogen) atoms. The van der Waals surface area contributed by atoms with Crippen molar-refractivity contribution in [3.63, 3.8) is 0 Å². The molecular formula is C3H3Br3O2. The minimum atomic E-state index is -2.71. The van der Waals surface area contributed by atoms with Crippen molar-refractivity contribution in [2.24, 2.45) is 0 Å². The molecule has 0 aromatic carbocycles. The van der Waals surface area contributed by atoms with Gasteiger partial charge in [-0.25, -0.2) is 4.79 Å². The van der Waals surface area contributed by atoms with E-state index < -0.39 is 15.2 Å². The normalized spacial score (nSPS) is 18.1. The van der Waals surface area contributed by atoms with E-state index in [-0.39, 0.29) is 0 Å². The van der Waals surface area contributed by atoms with Gasteiger partial charge in [-0.15, -0.1) is 0 Å². The van der Waals surface area contributed by atoms with Crippen LogP contribution in [-0.4, -0.2) is 15.2 Å². The second kappa shape index (κ2) is 3.17. The van der Waals surface area contributed by atoms with Gasteiger partial charge >= 0.3 is 5.97 Å². The quantitative estimate of drug-likeness (QED) is 0.505. The highest BCUT2D eigenvalue weighted by molar-refractivity contribution is 9.40. The van der Waals surface area contributed by atoms with Crippen LogP contribution in [-0.2, 0) is 9.53 Å². The van der Waals surface area contributed by atoms with E-state index in [0.29, 0.717) is 0 Å². The maximum atomic E-state index is 10.8. The zero-order valence-electron chi connectivity index (χ0n) is 6.45. The summed E-state index contributed by atoms with van der Waals surface area (Å²) in [5.74, 6) is -0.961. The molecule has 0 rings (SSSR count). The third-order valence-corrected chi connectivity index (χ3v) is 1.30. The topological polar surface area (TPSA) is 26.3 Å². The number of halogens is 3. The van der Waals surface area contributed by atoms with E-state index >= 15 is 0 Å². The van der Waals surface area contributed by atoms with Crippen LogP contribution in [0, 0.1) is 0 Å². The molecule has 0 unspecified atom stereocenters. The van der Waals surface area contributed by atoms with E-state index in [1.807, 2.05) is 0 Å². The summed E-state index contributed by atoms with van der Waals surface area (Å²) < 4.78 is 22.4. The first kappa shape index (κ1) is 4.68. The zero-order valence-corrected chi connectivity index (χ0v) is 8.21. The lowest BCUT2D eigenvalue weighted by molar-refractivity contribution is -0.138. The molecule has 0 amide bonds. The third-order valence-electron chi connectivity index (χ3n) is 0.324. The minimum Gasteiger partial charge on any atom is -0.467 e. The summed E-state index contributed by atoms with van der Waals surface area (Å²) in [6.45, 7) is 0. The predicted octanol–water partition coefficient (Wildman–Crippen LogP) is 2.00. The van der Waals surface area contributed by atoms with Crippen molar-refractivity contribution in [3.8, 4) is 0 Å². The van der Waals surface area contributed by atoms with Gasteiger partial charge in [-0.3, -0.25) is 0 Å². The maximum Gasteiger partial charge on any atom is 0.344 e. The summed E-state index contributed by atoms with van der Waals surface area (Å²) in [4.78, 5) is 10.8. The first-order valence-corrected chi connectivity index (χ1v) is 3.81. The fourth-order valence-corrected chi connectivity index (χ4v) is 0.301. The van der Waals surface area contributed by atoms with Crippen molar-refractivity contribution in [2.45, 2.75) is 2.14 Å². The van der Waals surface area contributed by atoms with Crippen LogP contribution in [0.15, 0.2) is 0 Å². The summed E-state index contributed by atoms with van der Waals surface area (Å²) in [6.07, 6.45) is 0. The molecule has 0 N–H and O–H groups in total. The Morgan fingerprint density at radius 3 is 2.38 bits per heavy atom. The highest BCUT2D eigenvalue weighted by atomic mass is 80.0. The summed E-state index contributed by atoms with van der Waals surface area (Å²) in [6, 6.07) is 0. The summed E-state index contributed by atoms with van der Waals surface area (Å²) in [7, 11) is -2.71. The van der Waals surface area contributed by atoms with Crippen LogP contribution >= 0.6 is 47.8 Å². The highest BCUT2D eigenvalue weighted by Gasteiger charge is 2.29. The molecular weight excluding hydrogens is 308 g/mol. The van der Waals surface area contributed by atoms with Crippen LogP contribution in [0.3, 0.4) is 0 Å². The lowest BCUT2D eigenvalue weighted by atomic mass is 10.8. The van der Waals surface area contributed by atoms with Crippen molar-refractivity contribution in [3.05, 3.63) is 0 Å². The second-order valence-corrected chi connectivity index (χ2v) is 7.65. The average molecular weight is 314 g/mol. The SMILES string of the molecule is [2H]C([2H])([2H])OC(=O)C(Br)(Br)Br. The Hall–Kier alpha value is 0.910. The Balaban J connectivity index is 4.11. The van der Waals surface area contributed by atoms with Gasteiger partial charge in [0.1, 0.15) is 0 Å². The monoisotopic (exact) mass is 311 g/mol. The van der Waals surface area contributed by atoms with Crippen LogP contribution in [0.4, 0.5) is 0 Å². The first-order chi connectivity index (χ1) is 4.63. The van der Waals surface area contributed by atoms with E-state index in [1.54, 1.807) is 0 Å². The van der Waals surface area contributed by atoms with Gasteiger partial charge in [0.05, 0.1) is 11.2 Å². The van der Waals surface area contributed by atoms with Gasteiger partial charge in [0.15, 0.2) is 0 Å². The van der Waals surface area contributed by atoms with E-state index in [4.69, 9.17) is 4.11 Å². The molecule has 5 heteroatoms. The van der Waals surface area contributed by atoms with Gasteiger partial charge in [-0.2, -0.15) is 0 Å². The molecule has 0 radical (unpaired) electrons. The number of esters is 1. The number of rotatable bonds is 0. The fourth-order valence-electron chi connectivity index (χ4n) is 0.0579. The van der Waals surface area contributed by atoms with Crippen molar-refractivity contribution < 1.29 is 13.6 Å². The molecule has 0 spiro atoms. The van der Waals surface area contributed by atoms with Gasteiger partial charge < -0.3 is 4.74 Å². The summed E-state index contributed by atoms with van der Waals surface area (Å²) in [5, 5.41) is 0. The van der Waals surface area contributed by atoms with Crippen LogP contribution in [0.2, 0.25) is 0 Å². The largest absolute Gasteiger partial charge is 0.467 e. The second-order valence-electron chi connectivity index (χ2n) is 0.887. The Bertz CT molecular complexity index is 160. The van der Waals surface area contributed by atoms with Gasteiger partial charge in [0.2, 0.25) is 2.14 Å². The molecule has 0 fully saturated rings. The summed E-state index contributed by atoms with van der Waals surface area (Å²) >= 11 is 8.42. The molecule has 0 bridgehead atoms. The molecule has 2 nitrogen and oxygen atoms in total. The number of carbonyl (C=O) groups excluding carboxylic acids is 1. The average Bonchev–Trinajstić information content (AvgIpc) is 1.56. The van der Waals surface area contributed by atoms with E-state index in [9.17, 15) is 4.79 Å². The lowest BCUT2D eigenvalue weighted by Gasteiger charge is -2.06. The van der Waals surface area contributed by atoms with Crippen molar-refractivity contribution >= 4 is 53.8 Å². The van der Waals surface area contributed by atoms with Crippen molar-refractivity contribution in [1.82, 2.24) is 0 Å². The maximum absolute atomic E-state index is 10.8. The number of hydrogen-bond donors (Lipinski definition) is 0. The number of carbonyl (C=O) groups is 1. The van der Waals surface area contributed by atoms with Gasteiger partial charge in [-0.1, -0.05) is 0 Å². The standard InChI is InChI=1S/C3H3Br3O2/c1-8-2(7)3(4,5)6/h1H3/i1D3. The lowest BCUT2D eigenvalue weighted by Crippen LogP contribution is -2.17. The number of methoxy groups -OCH3 is 1. The smallest absolute Gasteiger partial charge is 0.344 e.